The van der Waals surface area contributed by atoms with Gasteiger partial charge in [-0.25, -0.2) is 0 Å². The van der Waals surface area contributed by atoms with Crippen LogP contribution in [0.4, 0.5) is 11.4 Å². The highest BCUT2D eigenvalue weighted by Crippen LogP contribution is 2.29. The molecule has 4 rings (SSSR count). The molecule has 0 aliphatic rings. The largest absolute Gasteiger partial charge is 0.383 e. The molecule has 0 amide bonds. The third-order valence-electron chi connectivity index (χ3n) is 4.22. The minimum Gasteiger partial charge on any atom is -0.383 e. The van der Waals surface area contributed by atoms with E-state index in [9.17, 15) is 10.1 Å². The number of hydrogen-bond donors (Lipinski definition) is 1. The zero-order valence-electron chi connectivity index (χ0n) is 13.9. The number of fused-ring (bicyclic) bond motifs is 2. The highest BCUT2D eigenvalue weighted by molar-refractivity contribution is 5.96. The van der Waals surface area contributed by atoms with E-state index in [1.54, 1.807) is 24.4 Å². The molecule has 1 N–H and O–H groups in total. The summed E-state index contributed by atoms with van der Waals surface area (Å²) in [6.45, 7) is 0.700. The standard InChI is InChI=1S/C18H16N6O2/c25-24(26)15-9-8-14(18-13(15)5-3-11-20-18)19-10-4-7-17-22-21-16-6-1-2-12-23(16)17/h1-3,5-6,8-9,11-12,19H,4,7,10H2. The molecule has 0 saturated carbocycles. The molecule has 26 heavy (non-hydrogen) atoms. The maximum absolute atomic E-state index is 11.2. The van der Waals surface area contributed by atoms with Crippen LogP contribution >= 0.6 is 0 Å². The Bertz CT molecular complexity index is 1090. The monoisotopic (exact) mass is 348 g/mol. The average molecular weight is 348 g/mol. The lowest BCUT2D eigenvalue weighted by Gasteiger charge is -2.09. The second kappa shape index (κ2) is 6.75. The van der Waals surface area contributed by atoms with Crippen molar-refractivity contribution in [2.45, 2.75) is 12.8 Å². The van der Waals surface area contributed by atoms with E-state index in [-0.39, 0.29) is 10.6 Å². The van der Waals surface area contributed by atoms with Gasteiger partial charge in [-0.15, -0.1) is 10.2 Å². The van der Waals surface area contributed by atoms with Crippen LogP contribution in [0.15, 0.2) is 54.9 Å². The number of aromatic nitrogens is 4. The zero-order valence-corrected chi connectivity index (χ0v) is 13.9. The topological polar surface area (TPSA) is 98.2 Å². The van der Waals surface area contributed by atoms with Gasteiger partial charge in [-0.05, 0) is 36.8 Å². The molecular weight excluding hydrogens is 332 g/mol. The third-order valence-corrected chi connectivity index (χ3v) is 4.22. The fourth-order valence-corrected chi connectivity index (χ4v) is 2.99. The number of nitrogens with zero attached hydrogens (tertiary/aromatic N) is 5. The van der Waals surface area contributed by atoms with Crippen molar-refractivity contribution in [2.75, 3.05) is 11.9 Å². The molecule has 0 atom stereocenters. The normalized spacial score (nSPS) is 11.1. The maximum Gasteiger partial charge on any atom is 0.278 e. The Kier molecular flexibility index (Phi) is 4.14. The zero-order chi connectivity index (χ0) is 17.9. The summed E-state index contributed by atoms with van der Waals surface area (Å²) < 4.78 is 1.98. The molecule has 0 saturated heterocycles. The first kappa shape index (κ1) is 15.9. The van der Waals surface area contributed by atoms with E-state index >= 15 is 0 Å². The van der Waals surface area contributed by atoms with Gasteiger partial charge < -0.3 is 5.32 Å². The molecule has 0 fully saturated rings. The van der Waals surface area contributed by atoms with E-state index < -0.39 is 0 Å². The van der Waals surface area contributed by atoms with Crippen LogP contribution in [-0.2, 0) is 6.42 Å². The summed E-state index contributed by atoms with van der Waals surface area (Å²) in [4.78, 5) is 15.1. The molecule has 0 aliphatic heterocycles. The van der Waals surface area contributed by atoms with E-state index in [4.69, 9.17) is 0 Å². The van der Waals surface area contributed by atoms with Gasteiger partial charge in [-0.1, -0.05) is 6.07 Å². The van der Waals surface area contributed by atoms with Crippen molar-refractivity contribution in [3.8, 4) is 0 Å². The van der Waals surface area contributed by atoms with Gasteiger partial charge in [0.05, 0.1) is 16.0 Å². The van der Waals surface area contributed by atoms with Gasteiger partial charge in [-0.2, -0.15) is 0 Å². The summed E-state index contributed by atoms with van der Waals surface area (Å²) >= 11 is 0. The van der Waals surface area contributed by atoms with Crippen molar-refractivity contribution < 1.29 is 4.92 Å². The number of benzene rings is 1. The van der Waals surface area contributed by atoms with E-state index in [2.05, 4.69) is 20.5 Å². The molecule has 0 spiro atoms. The van der Waals surface area contributed by atoms with Crippen LogP contribution in [0.3, 0.4) is 0 Å². The first-order valence-electron chi connectivity index (χ1n) is 8.28. The van der Waals surface area contributed by atoms with Crippen LogP contribution in [0.5, 0.6) is 0 Å². The molecule has 3 heterocycles. The molecule has 0 unspecified atom stereocenters. The smallest absolute Gasteiger partial charge is 0.278 e. The number of aryl methyl sites for hydroxylation is 1. The van der Waals surface area contributed by atoms with E-state index in [0.29, 0.717) is 17.4 Å². The minimum absolute atomic E-state index is 0.0635. The lowest BCUT2D eigenvalue weighted by atomic mass is 10.1. The minimum atomic E-state index is -0.385. The van der Waals surface area contributed by atoms with Gasteiger partial charge in [0.25, 0.3) is 5.69 Å². The molecule has 8 nitrogen and oxygen atoms in total. The second-order valence-corrected chi connectivity index (χ2v) is 5.86. The lowest BCUT2D eigenvalue weighted by Crippen LogP contribution is -2.06. The fraction of sp³-hybridized carbons (Fsp3) is 0.167. The Labute approximate surface area is 148 Å². The summed E-state index contributed by atoms with van der Waals surface area (Å²) in [5, 5.41) is 23.4. The molecule has 1 aromatic carbocycles. The number of pyridine rings is 2. The summed E-state index contributed by atoms with van der Waals surface area (Å²) in [6, 6.07) is 12.4. The number of hydrogen-bond acceptors (Lipinski definition) is 6. The van der Waals surface area contributed by atoms with Gasteiger partial charge in [0.2, 0.25) is 0 Å². The number of rotatable bonds is 6. The maximum atomic E-state index is 11.2. The van der Waals surface area contributed by atoms with Crippen LogP contribution in [-0.4, -0.2) is 31.1 Å². The summed E-state index contributed by atoms with van der Waals surface area (Å²) in [6.07, 6.45) is 5.21. The average Bonchev–Trinajstić information content (AvgIpc) is 3.08. The SMILES string of the molecule is O=[N+]([O-])c1ccc(NCCCc2nnc3ccccn23)c2ncccc12. The van der Waals surface area contributed by atoms with Crippen molar-refractivity contribution in [3.05, 3.63) is 70.8 Å². The predicted molar refractivity (Wildman–Crippen MR) is 98.2 cm³/mol. The Hall–Kier alpha value is -3.55. The van der Waals surface area contributed by atoms with Gasteiger partial charge in [0.15, 0.2) is 5.65 Å². The van der Waals surface area contributed by atoms with Crippen LogP contribution < -0.4 is 5.32 Å². The number of nitro groups is 1. The Morgan fingerprint density at radius 3 is 2.92 bits per heavy atom. The quantitative estimate of drug-likeness (QED) is 0.326. The Morgan fingerprint density at radius 1 is 1.12 bits per heavy atom. The summed E-state index contributed by atoms with van der Waals surface area (Å²) in [5.41, 5.74) is 2.29. The third kappa shape index (κ3) is 2.92. The second-order valence-electron chi connectivity index (χ2n) is 5.86. The van der Waals surface area contributed by atoms with E-state index in [1.165, 1.54) is 6.07 Å². The summed E-state index contributed by atoms with van der Waals surface area (Å²) in [5.74, 6) is 0.911. The van der Waals surface area contributed by atoms with E-state index in [1.807, 2.05) is 28.8 Å². The van der Waals surface area contributed by atoms with Crippen molar-refractivity contribution in [3.63, 3.8) is 0 Å². The Morgan fingerprint density at radius 2 is 2.04 bits per heavy atom. The van der Waals surface area contributed by atoms with Gasteiger partial charge in [0, 0.05) is 31.4 Å². The number of anilines is 1. The van der Waals surface area contributed by atoms with Gasteiger partial charge in [0.1, 0.15) is 11.3 Å². The molecule has 3 aromatic heterocycles. The molecule has 8 heteroatoms. The lowest BCUT2D eigenvalue weighted by molar-refractivity contribution is -0.383. The van der Waals surface area contributed by atoms with Crippen molar-refractivity contribution >= 4 is 27.9 Å². The van der Waals surface area contributed by atoms with Crippen molar-refractivity contribution in [1.29, 1.82) is 0 Å². The number of non-ortho nitro benzene ring substituents is 1. The first-order chi connectivity index (χ1) is 12.7. The highest BCUT2D eigenvalue weighted by Gasteiger charge is 2.14. The van der Waals surface area contributed by atoms with Gasteiger partial charge in [-0.3, -0.25) is 19.5 Å². The number of nitrogens with one attached hydrogen (secondary N) is 1. The Balaban J connectivity index is 1.47. The van der Waals surface area contributed by atoms with E-state index in [0.717, 1.165) is 30.0 Å². The van der Waals surface area contributed by atoms with Crippen molar-refractivity contribution in [2.24, 2.45) is 0 Å². The van der Waals surface area contributed by atoms with Crippen molar-refractivity contribution in [1.82, 2.24) is 19.6 Å². The van der Waals surface area contributed by atoms with Crippen LogP contribution in [0.2, 0.25) is 0 Å². The number of nitro benzene ring substituents is 1. The molecule has 130 valence electrons. The molecule has 0 bridgehead atoms. The van der Waals surface area contributed by atoms with Crippen LogP contribution in [0.1, 0.15) is 12.2 Å². The molecular formula is C18H16N6O2. The molecule has 0 radical (unpaired) electrons. The molecule has 4 aromatic rings. The van der Waals surface area contributed by atoms with Crippen LogP contribution in [0, 0.1) is 10.1 Å². The fourth-order valence-electron chi connectivity index (χ4n) is 2.99. The van der Waals surface area contributed by atoms with Gasteiger partial charge >= 0.3 is 0 Å². The molecule has 0 aliphatic carbocycles. The predicted octanol–water partition coefficient (Wildman–Crippen LogP) is 3.23. The first-order valence-corrected chi connectivity index (χ1v) is 8.28. The van der Waals surface area contributed by atoms with Crippen LogP contribution in [0.25, 0.3) is 16.6 Å². The summed E-state index contributed by atoms with van der Waals surface area (Å²) in [7, 11) is 0. The highest BCUT2D eigenvalue weighted by atomic mass is 16.6.